The second-order valence-corrected chi connectivity index (χ2v) is 12.2. The lowest BCUT2D eigenvalue weighted by Gasteiger charge is -2.20. The Morgan fingerprint density at radius 2 is 1.98 bits per heavy atom. The maximum Gasteiger partial charge on any atom is 0.573 e. The minimum Gasteiger partial charge on any atom is -0.464 e. The first-order valence-electron chi connectivity index (χ1n) is 12.7. The minimum absolute atomic E-state index is 0.164. The highest BCUT2D eigenvalue weighted by Gasteiger charge is 2.36. The van der Waals surface area contributed by atoms with E-state index in [9.17, 15) is 41.6 Å². The number of hydrogen-bond donors (Lipinski definition) is 1. The van der Waals surface area contributed by atoms with E-state index in [1.54, 1.807) is 0 Å². The molecule has 1 N–H and O–H groups in total. The Morgan fingerprint density at radius 3 is 2.59 bits per heavy atom. The first-order chi connectivity index (χ1) is 21.7. The first-order valence-corrected chi connectivity index (χ1v) is 15.5. The number of alkyl halides is 3. The summed E-state index contributed by atoms with van der Waals surface area (Å²) in [7, 11) is -5.12. The Labute approximate surface area is 264 Å². The van der Waals surface area contributed by atoms with Gasteiger partial charge in [-0.3, -0.25) is 0 Å². The smallest absolute Gasteiger partial charge is 0.464 e. The summed E-state index contributed by atoms with van der Waals surface area (Å²) < 4.78 is 97.0. The quantitative estimate of drug-likeness (QED) is 0.108. The summed E-state index contributed by atoms with van der Waals surface area (Å²) in [5, 5.41) is 25.9. The van der Waals surface area contributed by atoms with Gasteiger partial charge in [-0.1, -0.05) is 11.6 Å². The molecule has 4 aromatic rings. The fourth-order valence-electron chi connectivity index (χ4n) is 4.43. The van der Waals surface area contributed by atoms with Crippen molar-refractivity contribution < 1.29 is 55.0 Å². The third-order valence-corrected chi connectivity index (χ3v) is 8.90. The average Bonchev–Trinajstić information content (AvgIpc) is 3.66. The Morgan fingerprint density at radius 1 is 1.22 bits per heavy atom. The molecule has 1 aliphatic heterocycles. The molecule has 1 atom stereocenters. The molecule has 1 unspecified atom stereocenters. The van der Waals surface area contributed by atoms with Crippen molar-refractivity contribution in [3.63, 3.8) is 0 Å². The minimum atomic E-state index is -5.14. The lowest BCUT2D eigenvalue weighted by molar-refractivity contribution is -0.389. The number of nitro groups is 1. The van der Waals surface area contributed by atoms with Crippen molar-refractivity contribution in [3.05, 3.63) is 68.4 Å². The van der Waals surface area contributed by atoms with Crippen LogP contribution in [-0.4, -0.2) is 52.3 Å². The number of thiazole rings is 1. The molecule has 2 aromatic carbocycles. The number of aromatic nitrogens is 3. The number of amides is 1. The van der Waals surface area contributed by atoms with Gasteiger partial charge in [0.1, 0.15) is 33.5 Å². The second-order valence-electron chi connectivity index (χ2n) is 9.34. The fourth-order valence-corrected chi connectivity index (χ4v) is 6.60. The lowest BCUT2D eigenvalue weighted by atomic mass is 10.1. The van der Waals surface area contributed by atoms with E-state index in [1.165, 1.54) is 6.20 Å². The molecule has 1 amide bonds. The fraction of sp³-hybridized carbons (Fsp3) is 0.240. The molecule has 0 radical (unpaired) electrons. The number of benzene rings is 2. The van der Waals surface area contributed by atoms with Crippen molar-refractivity contribution in [3.8, 4) is 28.4 Å². The largest absolute Gasteiger partial charge is 0.573 e. The molecule has 1 saturated heterocycles. The van der Waals surface area contributed by atoms with Crippen LogP contribution in [-0.2, 0) is 14.8 Å². The molecular weight excluding hydrogens is 690 g/mol. The zero-order valence-electron chi connectivity index (χ0n) is 22.7. The number of anilines is 1. The molecule has 21 heteroatoms. The summed E-state index contributed by atoms with van der Waals surface area (Å²) in [6.45, 7) is 0.348. The third-order valence-electron chi connectivity index (χ3n) is 6.34. The summed E-state index contributed by atoms with van der Waals surface area (Å²) in [5.41, 5.74) is 0.474. The van der Waals surface area contributed by atoms with E-state index in [0.29, 0.717) is 25.2 Å². The molecule has 14 nitrogen and oxygen atoms in total. The predicted octanol–water partition coefficient (Wildman–Crippen LogP) is 6.97. The van der Waals surface area contributed by atoms with Gasteiger partial charge in [-0.05, 0) is 48.5 Å². The van der Waals surface area contributed by atoms with Gasteiger partial charge >= 0.3 is 18.3 Å². The maximum atomic E-state index is 15.3. The zero-order chi connectivity index (χ0) is 33.4. The monoisotopic (exact) mass is 707 g/mol. The van der Waals surface area contributed by atoms with Gasteiger partial charge in [-0.2, -0.15) is 4.68 Å². The molecule has 5 rings (SSSR count). The van der Waals surface area contributed by atoms with Crippen molar-refractivity contribution in [2.75, 3.05) is 10.9 Å². The highest BCUT2D eigenvalue weighted by Crippen LogP contribution is 2.44. The molecule has 0 saturated carbocycles. The summed E-state index contributed by atoms with van der Waals surface area (Å²) >= 11 is 7.10. The van der Waals surface area contributed by atoms with Crippen LogP contribution < -0.4 is 13.8 Å². The van der Waals surface area contributed by atoms with Crippen molar-refractivity contribution in [2.45, 2.75) is 36.7 Å². The third kappa shape index (κ3) is 6.83. The number of nitrogens with zero attached hydrogens (tertiary/aromatic N) is 5. The van der Waals surface area contributed by atoms with E-state index in [1.807, 2.05) is 0 Å². The molecule has 46 heavy (non-hydrogen) atoms. The number of carboxylic acid groups (broad SMARTS) is 1. The van der Waals surface area contributed by atoms with Gasteiger partial charge in [0, 0.05) is 23.6 Å². The van der Waals surface area contributed by atoms with Crippen molar-refractivity contribution in [2.24, 2.45) is 0 Å². The normalized spacial score (nSPS) is 15.4. The van der Waals surface area contributed by atoms with Crippen molar-refractivity contribution in [1.29, 1.82) is 0 Å². The van der Waals surface area contributed by atoms with Crippen molar-refractivity contribution >= 4 is 50.7 Å². The molecule has 3 heterocycles. The van der Waals surface area contributed by atoms with Crippen LogP contribution in [0.1, 0.15) is 25.5 Å². The number of ether oxygens (including phenoxy) is 3. The topological polar surface area (TPSA) is 176 Å². The number of hydrogen-bond acceptors (Lipinski definition) is 11. The zero-order valence-corrected chi connectivity index (χ0v) is 25.1. The molecule has 1 aliphatic rings. The maximum absolute atomic E-state index is 15.3. The molecule has 0 spiro atoms. The highest BCUT2D eigenvalue weighted by molar-refractivity contribution is 7.93. The molecule has 0 bridgehead atoms. The molecular formula is C25H18ClF4N5O9S2. The van der Waals surface area contributed by atoms with Gasteiger partial charge in [0.2, 0.25) is 0 Å². The number of sulfonamides is 1. The Kier molecular flexibility index (Phi) is 9.07. The Balaban J connectivity index is 1.59. The predicted molar refractivity (Wildman–Crippen MR) is 151 cm³/mol. The van der Waals surface area contributed by atoms with E-state index in [2.05, 4.69) is 14.8 Å². The van der Waals surface area contributed by atoms with Crippen LogP contribution >= 0.6 is 22.9 Å². The van der Waals surface area contributed by atoms with E-state index in [0.717, 1.165) is 57.9 Å². The first kappa shape index (κ1) is 32.9. The van der Waals surface area contributed by atoms with Gasteiger partial charge < -0.3 is 29.4 Å². The van der Waals surface area contributed by atoms with Crippen LogP contribution in [0.25, 0.3) is 11.1 Å². The standard InChI is InChI=1S/C25H18ClF4N5O9S2/c26-16-8-20(46(40,41)34(24(36)37)21-11-45-12-31-21)17(27)9-19(16)43-18-5-4-13(44-25(28,29)30)7-14(18)15-10-33(32-23(15)35(38)39)22-3-1-2-6-42-22/h4-5,7-12,22H,1-3,6H2,(H,36,37). The number of halogens is 5. The van der Waals surface area contributed by atoms with Crippen LogP contribution in [0, 0.1) is 15.9 Å². The number of carbonyl (C=O) groups is 1. The van der Waals surface area contributed by atoms with Gasteiger partial charge in [-0.15, -0.1) is 28.8 Å². The number of rotatable bonds is 9. The van der Waals surface area contributed by atoms with Crippen LogP contribution in [0.2, 0.25) is 5.02 Å². The van der Waals surface area contributed by atoms with Crippen LogP contribution in [0.15, 0.2) is 52.3 Å². The highest BCUT2D eigenvalue weighted by atomic mass is 35.5. The Bertz CT molecular complexity index is 1900. The lowest BCUT2D eigenvalue weighted by Crippen LogP contribution is -2.36. The molecule has 2 aromatic heterocycles. The van der Waals surface area contributed by atoms with Gasteiger partial charge in [0.25, 0.3) is 10.0 Å². The molecule has 244 valence electrons. The summed E-state index contributed by atoms with van der Waals surface area (Å²) in [6, 6.07) is 3.58. The summed E-state index contributed by atoms with van der Waals surface area (Å²) in [6.07, 6.45) is -4.74. The SMILES string of the molecule is O=C(O)N(c1cscn1)S(=O)(=O)c1cc(Cl)c(Oc2ccc(OC(F)(F)F)cc2-c2cn(C3CCCCO3)nc2[N+](=O)[O-])cc1F. The van der Waals surface area contributed by atoms with Crippen LogP contribution in [0.5, 0.6) is 17.2 Å². The van der Waals surface area contributed by atoms with Gasteiger partial charge in [0.15, 0.2) is 12.0 Å². The van der Waals surface area contributed by atoms with Crippen molar-refractivity contribution in [1.82, 2.24) is 14.8 Å². The summed E-state index contributed by atoms with van der Waals surface area (Å²) in [5.74, 6) is -4.59. The van der Waals surface area contributed by atoms with E-state index in [4.69, 9.17) is 21.1 Å². The van der Waals surface area contributed by atoms with Crippen LogP contribution in [0.3, 0.4) is 0 Å². The summed E-state index contributed by atoms with van der Waals surface area (Å²) in [4.78, 5) is 25.3. The van der Waals surface area contributed by atoms with Gasteiger partial charge in [0.05, 0.1) is 21.8 Å². The Hall–Kier alpha value is -4.53. The van der Waals surface area contributed by atoms with E-state index in [-0.39, 0.29) is 15.4 Å². The average molecular weight is 708 g/mol. The molecule has 1 fully saturated rings. The van der Waals surface area contributed by atoms with Crippen LogP contribution in [0.4, 0.5) is 34.0 Å². The van der Waals surface area contributed by atoms with E-state index >= 15 is 4.39 Å². The van der Waals surface area contributed by atoms with E-state index < -0.39 is 78.2 Å². The van der Waals surface area contributed by atoms with Gasteiger partial charge in [-0.25, -0.2) is 22.6 Å². The molecule has 0 aliphatic carbocycles. The second kappa shape index (κ2) is 12.7.